The summed E-state index contributed by atoms with van der Waals surface area (Å²) in [7, 11) is 0. The van der Waals surface area contributed by atoms with Crippen LogP contribution < -0.4 is 15.1 Å². The van der Waals surface area contributed by atoms with Crippen molar-refractivity contribution < 1.29 is 0 Å². The van der Waals surface area contributed by atoms with Crippen LogP contribution in [0.15, 0.2) is 73.1 Å². The number of aromatic nitrogens is 4. The minimum Gasteiger partial charge on any atom is -0.368 e. The third kappa shape index (κ3) is 3.67. The lowest BCUT2D eigenvalue weighted by Gasteiger charge is -2.36. The van der Waals surface area contributed by atoms with E-state index < -0.39 is 0 Å². The smallest absolute Gasteiger partial charge is 0.229 e. The Labute approximate surface area is 169 Å². The van der Waals surface area contributed by atoms with Crippen LogP contribution in [0, 0.1) is 0 Å². The molecule has 0 amide bonds. The van der Waals surface area contributed by atoms with Gasteiger partial charge in [0.25, 0.3) is 0 Å². The van der Waals surface area contributed by atoms with Crippen molar-refractivity contribution in [1.82, 2.24) is 19.9 Å². The first-order valence-electron chi connectivity index (χ1n) is 9.72. The number of fused-ring (bicyclic) bond motifs is 1. The Morgan fingerprint density at radius 3 is 2.10 bits per heavy atom. The van der Waals surface area contributed by atoms with Crippen LogP contribution in [-0.4, -0.2) is 46.1 Å². The maximum Gasteiger partial charge on any atom is 0.229 e. The van der Waals surface area contributed by atoms with Crippen LogP contribution in [-0.2, 0) is 0 Å². The molecular formula is C22H21N7. The van der Waals surface area contributed by atoms with Gasteiger partial charge >= 0.3 is 0 Å². The van der Waals surface area contributed by atoms with Gasteiger partial charge in [-0.15, -0.1) is 0 Å². The standard InChI is InChI=1S/C22H21N7/c1-3-7-17(8-4-1)25-21-19-20(24-12-11-23-19)26-22(27-21)29-15-13-28(14-16-29)18-9-5-2-6-10-18/h1-12H,13-16H2,(H,24,25,26,27). The molecule has 0 unspecified atom stereocenters. The Kier molecular flexibility index (Phi) is 4.62. The topological polar surface area (TPSA) is 70.1 Å². The highest BCUT2D eigenvalue weighted by Crippen LogP contribution is 2.25. The maximum absolute atomic E-state index is 4.80. The summed E-state index contributed by atoms with van der Waals surface area (Å²) in [4.78, 5) is 22.9. The van der Waals surface area contributed by atoms with Crippen molar-refractivity contribution in [2.75, 3.05) is 41.3 Å². The Morgan fingerprint density at radius 2 is 1.34 bits per heavy atom. The molecule has 29 heavy (non-hydrogen) atoms. The van der Waals surface area contributed by atoms with Gasteiger partial charge in [-0.2, -0.15) is 9.97 Å². The number of rotatable bonds is 4. The largest absolute Gasteiger partial charge is 0.368 e. The number of nitrogens with one attached hydrogen (secondary N) is 1. The molecule has 1 aliphatic rings. The predicted molar refractivity (Wildman–Crippen MR) is 116 cm³/mol. The number of anilines is 4. The van der Waals surface area contributed by atoms with Crippen LogP contribution >= 0.6 is 0 Å². The number of hydrogen-bond acceptors (Lipinski definition) is 7. The molecule has 0 saturated carbocycles. The Hall–Kier alpha value is -3.74. The molecule has 4 aromatic rings. The van der Waals surface area contributed by atoms with Crippen LogP contribution in [0.3, 0.4) is 0 Å². The Bertz CT molecular complexity index is 1090. The summed E-state index contributed by atoms with van der Waals surface area (Å²) in [5, 5.41) is 3.37. The highest BCUT2D eigenvalue weighted by atomic mass is 15.3. The van der Waals surface area contributed by atoms with Crippen LogP contribution in [0.25, 0.3) is 11.2 Å². The molecule has 0 spiro atoms. The SMILES string of the molecule is c1ccc(Nc2nc(N3CCN(c4ccccc4)CC3)nc3nccnc23)cc1. The first-order valence-corrected chi connectivity index (χ1v) is 9.72. The van der Waals surface area contributed by atoms with Crippen molar-refractivity contribution in [3.63, 3.8) is 0 Å². The van der Waals surface area contributed by atoms with Crippen molar-refractivity contribution in [1.29, 1.82) is 0 Å². The van der Waals surface area contributed by atoms with Gasteiger partial charge in [0.15, 0.2) is 17.0 Å². The van der Waals surface area contributed by atoms with Crippen molar-refractivity contribution in [2.45, 2.75) is 0 Å². The molecule has 7 nitrogen and oxygen atoms in total. The first kappa shape index (κ1) is 17.4. The quantitative estimate of drug-likeness (QED) is 0.578. The van der Waals surface area contributed by atoms with Gasteiger partial charge in [0.05, 0.1) is 0 Å². The fourth-order valence-electron chi connectivity index (χ4n) is 3.54. The van der Waals surface area contributed by atoms with E-state index in [2.05, 4.69) is 54.3 Å². The van der Waals surface area contributed by atoms with Gasteiger partial charge < -0.3 is 15.1 Å². The number of nitrogens with zero attached hydrogens (tertiary/aromatic N) is 6. The Morgan fingerprint density at radius 1 is 0.690 bits per heavy atom. The third-order valence-corrected chi connectivity index (χ3v) is 5.04. The van der Waals surface area contributed by atoms with Gasteiger partial charge in [-0.1, -0.05) is 36.4 Å². The van der Waals surface area contributed by atoms with E-state index in [0.29, 0.717) is 22.9 Å². The molecule has 0 radical (unpaired) electrons. The van der Waals surface area contributed by atoms with E-state index in [9.17, 15) is 0 Å². The average molecular weight is 383 g/mol. The number of benzene rings is 2. The number of para-hydroxylation sites is 2. The van der Waals surface area contributed by atoms with E-state index in [0.717, 1.165) is 31.9 Å². The second-order valence-electron chi connectivity index (χ2n) is 6.90. The molecule has 7 heteroatoms. The summed E-state index contributed by atoms with van der Waals surface area (Å²) in [5.41, 5.74) is 3.48. The summed E-state index contributed by atoms with van der Waals surface area (Å²) in [5.74, 6) is 1.36. The molecule has 1 N–H and O–H groups in total. The molecule has 1 fully saturated rings. The van der Waals surface area contributed by atoms with Crippen LogP contribution in [0.5, 0.6) is 0 Å². The average Bonchev–Trinajstić information content (AvgIpc) is 2.80. The fraction of sp³-hybridized carbons (Fsp3) is 0.182. The molecule has 1 aliphatic heterocycles. The number of piperazine rings is 1. The van der Waals surface area contributed by atoms with Crippen LogP contribution in [0.1, 0.15) is 0 Å². The molecule has 3 heterocycles. The van der Waals surface area contributed by atoms with Crippen LogP contribution in [0.4, 0.5) is 23.1 Å². The van der Waals surface area contributed by atoms with Gasteiger partial charge in [-0.25, -0.2) is 9.97 Å². The van der Waals surface area contributed by atoms with E-state index in [1.165, 1.54) is 5.69 Å². The molecular weight excluding hydrogens is 362 g/mol. The van der Waals surface area contributed by atoms with Crippen molar-refractivity contribution in [3.05, 3.63) is 73.1 Å². The van der Waals surface area contributed by atoms with E-state index in [1.54, 1.807) is 12.4 Å². The summed E-state index contributed by atoms with van der Waals surface area (Å²) in [6, 6.07) is 20.5. The highest BCUT2D eigenvalue weighted by molar-refractivity contribution is 5.85. The second-order valence-corrected chi connectivity index (χ2v) is 6.90. The lowest BCUT2D eigenvalue weighted by atomic mass is 10.2. The normalized spacial score (nSPS) is 14.2. The second kappa shape index (κ2) is 7.71. The maximum atomic E-state index is 4.80. The highest BCUT2D eigenvalue weighted by Gasteiger charge is 2.21. The van der Waals surface area contributed by atoms with Crippen molar-refractivity contribution >= 4 is 34.3 Å². The van der Waals surface area contributed by atoms with E-state index in [4.69, 9.17) is 4.98 Å². The third-order valence-electron chi connectivity index (χ3n) is 5.04. The molecule has 2 aromatic carbocycles. The minimum atomic E-state index is 0.599. The lowest BCUT2D eigenvalue weighted by Crippen LogP contribution is -2.47. The predicted octanol–water partition coefficient (Wildman–Crippen LogP) is 3.49. The van der Waals surface area contributed by atoms with Gasteiger partial charge in [-0.05, 0) is 24.3 Å². The summed E-state index contributed by atoms with van der Waals surface area (Å²) >= 11 is 0. The zero-order valence-corrected chi connectivity index (χ0v) is 15.9. The zero-order valence-electron chi connectivity index (χ0n) is 15.9. The Balaban J connectivity index is 1.42. The van der Waals surface area contributed by atoms with Gasteiger partial charge in [0.1, 0.15) is 0 Å². The van der Waals surface area contributed by atoms with Crippen molar-refractivity contribution in [3.8, 4) is 0 Å². The zero-order chi connectivity index (χ0) is 19.5. The van der Waals surface area contributed by atoms with Crippen molar-refractivity contribution in [2.24, 2.45) is 0 Å². The lowest BCUT2D eigenvalue weighted by molar-refractivity contribution is 0.641. The molecule has 144 valence electrons. The number of hydrogen-bond donors (Lipinski definition) is 1. The summed E-state index contributed by atoms with van der Waals surface area (Å²) in [6.45, 7) is 3.55. The molecule has 0 aliphatic carbocycles. The van der Waals surface area contributed by atoms with Gasteiger partial charge in [0.2, 0.25) is 5.95 Å². The van der Waals surface area contributed by atoms with E-state index >= 15 is 0 Å². The molecule has 2 aromatic heterocycles. The van der Waals surface area contributed by atoms with Crippen LogP contribution in [0.2, 0.25) is 0 Å². The summed E-state index contributed by atoms with van der Waals surface area (Å²) < 4.78 is 0. The molecule has 5 rings (SSSR count). The van der Waals surface area contributed by atoms with E-state index in [1.807, 2.05) is 36.4 Å². The molecule has 0 atom stereocenters. The molecule has 0 bridgehead atoms. The minimum absolute atomic E-state index is 0.599. The van der Waals surface area contributed by atoms with Gasteiger partial charge in [-0.3, -0.25) is 0 Å². The van der Waals surface area contributed by atoms with Gasteiger partial charge in [0, 0.05) is 49.9 Å². The molecule has 1 saturated heterocycles. The first-order chi connectivity index (χ1) is 14.4. The summed E-state index contributed by atoms with van der Waals surface area (Å²) in [6.07, 6.45) is 3.33. The monoisotopic (exact) mass is 383 g/mol. The fourth-order valence-corrected chi connectivity index (χ4v) is 3.54. The van der Waals surface area contributed by atoms with E-state index in [-0.39, 0.29) is 0 Å².